The highest BCUT2D eigenvalue weighted by molar-refractivity contribution is 5.89. The Bertz CT molecular complexity index is 943. The molecule has 2 N–H and O–H groups in total. The van der Waals surface area contributed by atoms with Gasteiger partial charge < -0.3 is 24.4 Å². The van der Waals surface area contributed by atoms with Crippen molar-refractivity contribution in [3.8, 4) is 0 Å². The summed E-state index contributed by atoms with van der Waals surface area (Å²) in [5.41, 5.74) is -5.64. The number of hydrogen-bond acceptors (Lipinski definition) is 8. The van der Waals surface area contributed by atoms with Crippen LogP contribution in [0.4, 0.5) is 0 Å². The van der Waals surface area contributed by atoms with Crippen LogP contribution >= 0.6 is 0 Å². The van der Waals surface area contributed by atoms with Gasteiger partial charge in [0.05, 0.1) is 17.4 Å². The molecule has 0 amide bonds. The van der Waals surface area contributed by atoms with Crippen LogP contribution in [0.15, 0.2) is 30.3 Å². The molecule has 2 saturated carbocycles. The van der Waals surface area contributed by atoms with Gasteiger partial charge in [-0.2, -0.15) is 0 Å². The number of hydrogen-bond donors (Lipinski definition) is 2. The van der Waals surface area contributed by atoms with Gasteiger partial charge in [0, 0.05) is 12.3 Å². The molecule has 0 unspecified atom stereocenters. The van der Waals surface area contributed by atoms with Gasteiger partial charge in [0.25, 0.3) is 0 Å². The molecule has 3 fully saturated rings. The van der Waals surface area contributed by atoms with E-state index in [2.05, 4.69) is 0 Å². The van der Waals surface area contributed by atoms with Crippen LogP contribution in [0.2, 0.25) is 0 Å². The number of carbonyl (C=O) groups excluding carboxylic acids is 3. The summed E-state index contributed by atoms with van der Waals surface area (Å²) in [6, 6.07) is 8.40. The number of ether oxygens (including phenoxy) is 3. The molecule has 3 aliphatic rings. The summed E-state index contributed by atoms with van der Waals surface area (Å²) in [4.78, 5) is 37.0. The Morgan fingerprint density at radius 2 is 1.84 bits per heavy atom. The quantitative estimate of drug-likeness (QED) is 0.533. The van der Waals surface area contributed by atoms with E-state index in [1.165, 1.54) is 13.8 Å². The minimum atomic E-state index is -1.78. The number of aliphatic hydroxyl groups is 2. The van der Waals surface area contributed by atoms with E-state index < -0.39 is 52.1 Å². The molecule has 1 aromatic rings. The third-order valence-electron chi connectivity index (χ3n) is 8.41. The summed E-state index contributed by atoms with van der Waals surface area (Å²) in [5.74, 6) is -1.78. The predicted molar refractivity (Wildman–Crippen MR) is 111 cm³/mol. The molecule has 4 rings (SSSR count). The molecule has 1 heterocycles. The third kappa shape index (κ3) is 2.85. The summed E-state index contributed by atoms with van der Waals surface area (Å²) in [7, 11) is 0. The molecule has 1 aromatic carbocycles. The lowest BCUT2D eigenvalue weighted by molar-refractivity contribution is -0.335. The SMILES string of the molecule is CC(=O)O[C@@H]1C[C@@]23CC(=O)O[C@@H](C[C@H]2C)[C@]3(O)[C@](C)(COC(=O)c2ccccc2)[C@@]1(C)O. The van der Waals surface area contributed by atoms with Gasteiger partial charge in [0.1, 0.15) is 30.0 Å². The van der Waals surface area contributed by atoms with Crippen molar-refractivity contribution in [2.45, 2.75) is 70.4 Å². The minimum absolute atomic E-state index is 0.0722. The topological polar surface area (TPSA) is 119 Å². The number of esters is 3. The highest BCUT2D eigenvalue weighted by Crippen LogP contribution is 2.70. The van der Waals surface area contributed by atoms with Crippen LogP contribution in [0.5, 0.6) is 0 Å². The summed E-state index contributed by atoms with van der Waals surface area (Å²) in [6.07, 6.45) is -1.45. The fourth-order valence-corrected chi connectivity index (χ4v) is 6.40. The van der Waals surface area contributed by atoms with Gasteiger partial charge in [0.2, 0.25) is 0 Å². The second-order valence-electron chi connectivity index (χ2n) is 9.94. The van der Waals surface area contributed by atoms with Crippen molar-refractivity contribution in [3.05, 3.63) is 35.9 Å². The van der Waals surface area contributed by atoms with E-state index in [1.807, 2.05) is 6.92 Å². The number of benzene rings is 1. The highest BCUT2D eigenvalue weighted by Gasteiger charge is 2.82. The van der Waals surface area contributed by atoms with E-state index in [0.717, 1.165) is 0 Å². The maximum atomic E-state index is 12.7. The van der Waals surface area contributed by atoms with E-state index >= 15 is 0 Å². The first-order chi connectivity index (χ1) is 14.9. The molecule has 0 aromatic heterocycles. The van der Waals surface area contributed by atoms with E-state index in [9.17, 15) is 24.6 Å². The first-order valence-electron chi connectivity index (χ1n) is 10.9. The van der Waals surface area contributed by atoms with Crippen LogP contribution in [-0.4, -0.2) is 58.1 Å². The van der Waals surface area contributed by atoms with Crippen LogP contribution in [-0.2, 0) is 23.8 Å². The normalized spacial score (nSPS) is 42.6. The fourth-order valence-electron chi connectivity index (χ4n) is 6.40. The maximum Gasteiger partial charge on any atom is 0.338 e. The zero-order valence-corrected chi connectivity index (χ0v) is 18.8. The van der Waals surface area contributed by atoms with Crippen LogP contribution in [0, 0.1) is 16.7 Å². The van der Waals surface area contributed by atoms with Gasteiger partial charge in [-0.05, 0) is 37.8 Å². The highest BCUT2D eigenvalue weighted by atomic mass is 16.6. The summed E-state index contributed by atoms with van der Waals surface area (Å²) >= 11 is 0. The Kier molecular flexibility index (Phi) is 5.17. The van der Waals surface area contributed by atoms with Crippen LogP contribution in [0.25, 0.3) is 0 Å². The van der Waals surface area contributed by atoms with Gasteiger partial charge in [0.15, 0.2) is 0 Å². The lowest BCUT2D eigenvalue weighted by Gasteiger charge is -2.66. The van der Waals surface area contributed by atoms with E-state index in [0.29, 0.717) is 12.0 Å². The molecule has 0 radical (unpaired) electrons. The number of carbonyl (C=O) groups is 3. The largest absolute Gasteiger partial charge is 0.461 e. The van der Waals surface area contributed by atoms with Crippen molar-refractivity contribution in [1.29, 1.82) is 0 Å². The molecule has 1 aliphatic heterocycles. The zero-order valence-electron chi connectivity index (χ0n) is 18.8. The second kappa shape index (κ2) is 7.28. The third-order valence-corrected chi connectivity index (χ3v) is 8.41. The average molecular weight is 446 g/mol. The molecular weight excluding hydrogens is 416 g/mol. The van der Waals surface area contributed by atoms with Crippen molar-refractivity contribution in [1.82, 2.24) is 0 Å². The lowest BCUT2D eigenvalue weighted by Crippen LogP contribution is -2.79. The van der Waals surface area contributed by atoms with Crippen molar-refractivity contribution < 1.29 is 38.8 Å². The average Bonchev–Trinajstić information content (AvgIpc) is 2.84. The minimum Gasteiger partial charge on any atom is -0.461 e. The summed E-state index contributed by atoms with van der Waals surface area (Å²) in [6.45, 7) is 5.90. The first kappa shape index (κ1) is 22.7. The van der Waals surface area contributed by atoms with E-state index in [1.54, 1.807) is 37.3 Å². The predicted octanol–water partition coefficient (Wildman–Crippen LogP) is 2.01. The molecular formula is C24H30O8. The zero-order chi connectivity index (χ0) is 23.5. The van der Waals surface area contributed by atoms with Gasteiger partial charge in [-0.25, -0.2) is 4.79 Å². The Labute approximate surface area is 186 Å². The molecule has 32 heavy (non-hydrogen) atoms. The summed E-state index contributed by atoms with van der Waals surface area (Å²) < 4.78 is 16.7. The molecule has 1 saturated heterocycles. The first-order valence-corrected chi connectivity index (χ1v) is 10.9. The molecule has 8 nitrogen and oxygen atoms in total. The van der Waals surface area contributed by atoms with Crippen LogP contribution < -0.4 is 0 Å². The second-order valence-corrected chi connectivity index (χ2v) is 9.94. The van der Waals surface area contributed by atoms with Gasteiger partial charge in [-0.3, -0.25) is 9.59 Å². The smallest absolute Gasteiger partial charge is 0.338 e. The van der Waals surface area contributed by atoms with Crippen molar-refractivity contribution in [2.24, 2.45) is 16.7 Å². The molecule has 0 spiro atoms. The Morgan fingerprint density at radius 3 is 2.47 bits per heavy atom. The van der Waals surface area contributed by atoms with E-state index in [-0.39, 0.29) is 25.4 Å². The Morgan fingerprint density at radius 1 is 1.19 bits per heavy atom. The molecule has 2 aliphatic carbocycles. The molecule has 8 heteroatoms. The summed E-state index contributed by atoms with van der Waals surface area (Å²) in [5, 5.41) is 24.0. The Hall–Kier alpha value is -2.45. The molecule has 174 valence electrons. The van der Waals surface area contributed by atoms with Gasteiger partial charge in [-0.1, -0.05) is 32.0 Å². The fraction of sp³-hybridized carbons (Fsp3) is 0.625. The molecule has 2 bridgehead atoms. The van der Waals surface area contributed by atoms with Crippen molar-refractivity contribution >= 4 is 17.9 Å². The van der Waals surface area contributed by atoms with Crippen LogP contribution in [0.3, 0.4) is 0 Å². The lowest BCUT2D eigenvalue weighted by atomic mass is 9.44. The van der Waals surface area contributed by atoms with Gasteiger partial charge >= 0.3 is 17.9 Å². The van der Waals surface area contributed by atoms with Crippen molar-refractivity contribution in [2.75, 3.05) is 6.61 Å². The van der Waals surface area contributed by atoms with E-state index in [4.69, 9.17) is 14.2 Å². The van der Waals surface area contributed by atoms with Crippen LogP contribution in [0.1, 0.15) is 57.3 Å². The monoisotopic (exact) mass is 446 g/mol. The number of rotatable bonds is 4. The molecule has 7 atom stereocenters. The Balaban J connectivity index is 1.79. The standard InChI is InChI=1S/C24H30O8/c1-14-10-17-24(29)21(3,13-30-20(27)16-8-6-5-7-9-16)22(4,28)18(31-15(2)25)11-23(14,24)12-19(26)32-17/h5-9,14,17-18,28-29H,10-13H2,1-4H3/t14-,17+,18-,21-,22+,23-,24+/m1/s1. The van der Waals surface area contributed by atoms with Gasteiger partial charge in [-0.15, -0.1) is 0 Å². The van der Waals surface area contributed by atoms with Crippen molar-refractivity contribution in [3.63, 3.8) is 0 Å². The maximum absolute atomic E-state index is 12.7.